The molecule has 1 aliphatic rings. The summed E-state index contributed by atoms with van der Waals surface area (Å²) < 4.78 is 0. The Morgan fingerprint density at radius 3 is 1.65 bits per heavy atom. The number of amides is 8. The molecule has 0 saturated carbocycles. The van der Waals surface area contributed by atoms with Crippen molar-refractivity contribution >= 4 is 70.3 Å². The van der Waals surface area contributed by atoms with Crippen LogP contribution in [0.3, 0.4) is 0 Å². The van der Waals surface area contributed by atoms with Gasteiger partial charge in [0.25, 0.3) is 0 Å². The summed E-state index contributed by atoms with van der Waals surface area (Å²) >= 11 is 6.20. The molecule has 0 aliphatic carbocycles. The van der Waals surface area contributed by atoms with Crippen LogP contribution < -0.4 is 65.5 Å². The van der Waals surface area contributed by atoms with Gasteiger partial charge in [-0.05, 0) is 94.1 Å². The maximum Gasteiger partial charge on any atom is 0.319 e. The van der Waals surface area contributed by atoms with Gasteiger partial charge >= 0.3 is 6.03 Å². The predicted molar refractivity (Wildman–Crippen MR) is 270 cm³/mol. The molecule has 2 aromatic rings. The van der Waals surface area contributed by atoms with Crippen LogP contribution in [0.1, 0.15) is 84.6 Å². The standard InChI is InChI=1S/C49H75ClN12O9/c1-28(2)22-38-45(67)55-21-17-31(25-42(64)40(27-54)62-49(71)61-34-13-9-8-12-33(34)50)43(65)56-35(14-18-51)41(63)26-32(24-30-10-6-5-7-11-30)44(66)59-39(23-29(3)4)48(70)58-36(15-19-52)46(68)57-37(16-20-53)47(69)60-38/h5-13,28-29,31-32,35-40H,14-27,51-54H2,1-4H3,(H,55,67)(H,56,65)(H,57,68)(H,58,70)(H,59,66)(H,60,69)(H2,61,62,71)/t31-,32+,35+,36+,37+,38+,39+,40-/m1/s1. The Hall–Kier alpha value is -6.00. The summed E-state index contributed by atoms with van der Waals surface area (Å²) in [4.78, 5) is 126. The molecule has 0 bridgehead atoms. The number of Topliss-reactive ketones (excluding diaryl/α,β-unsaturated/α-hetero) is 2. The zero-order valence-electron chi connectivity index (χ0n) is 41.2. The van der Waals surface area contributed by atoms with Crippen molar-refractivity contribution in [3.63, 3.8) is 0 Å². The Balaban J connectivity index is 2.10. The number of rotatable bonds is 18. The minimum Gasteiger partial charge on any atom is -0.354 e. The number of nitrogens with two attached hydrogens (primary N) is 4. The molecule has 1 heterocycles. The van der Waals surface area contributed by atoms with E-state index in [-0.39, 0.29) is 100 Å². The van der Waals surface area contributed by atoms with Gasteiger partial charge in [-0.3, -0.25) is 38.4 Å². The molecule has 0 radical (unpaired) electrons. The van der Waals surface area contributed by atoms with E-state index in [4.69, 9.17) is 34.5 Å². The van der Waals surface area contributed by atoms with Crippen LogP contribution in [0.5, 0.6) is 0 Å². The maximum atomic E-state index is 14.4. The number of hydrogen-bond acceptors (Lipinski definition) is 13. The topological polar surface area (TPSA) is 354 Å². The van der Waals surface area contributed by atoms with Gasteiger partial charge in [0.15, 0.2) is 11.6 Å². The molecule has 2 aromatic carbocycles. The summed E-state index contributed by atoms with van der Waals surface area (Å²) in [6.07, 6.45) is -0.846. The quantitative estimate of drug-likeness (QED) is 0.0955. The zero-order chi connectivity index (χ0) is 52.6. The first-order valence-corrected chi connectivity index (χ1v) is 24.7. The van der Waals surface area contributed by atoms with Gasteiger partial charge in [-0.1, -0.05) is 81.8 Å². The van der Waals surface area contributed by atoms with Crippen LogP contribution in [0.2, 0.25) is 5.02 Å². The number of hydrogen-bond donors (Lipinski definition) is 12. The van der Waals surface area contributed by atoms with Crippen LogP contribution in [0, 0.1) is 23.7 Å². The number of ketones is 2. The highest BCUT2D eigenvalue weighted by Crippen LogP contribution is 2.21. The molecule has 0 aromatic heterocycles. The molecule has 1 saturated heterocycles. The van der Waals surface area contributed by atoms with Gasteiger partial charge < -0.3 is 65.5 Å². The summed E-state index contributed by atoms with van der Waals surface area (Å²) in [5.41, 5.74) is 24.7. The first-order chi connectivity index (χ1) is 33.8. The number of anilines is 1. The molecular formula is C49H75ClN12O9. The number of urea groups is 1. The van der Waals surface area contributed by atoms with Crippen molar-refractivity contribution in [1.82, 2.24) is 37.2 Å². The molecule has 8 atom stereocenters. The van der Waals surface area contributed by atoms with Gasteiger partial charge in [0.2, 0.25) is 35.4 Å². The number of para-hydroxylation sites is 1. The highest BCUT2D eigenvalue weighted by Gasteiger charge is 2.36. The highest BCUT2D eigenvalue weighted by atomic mass is 35.5. The fourth-order valence-corrected chi connectivity index (χ4v) is 8.23. The lowest BCUT2D eigenvalue weighted by atomic mass is 9.89. The second-order valence-electron chi connectivity index (χ2n) is 18.7. The summed E-state index contributed by atoms with van der Waals surface area (Å²) in [6, 6.07) is 7.21. The Morgan fingerprint density at radius 1 is 0.620 bits per heavy atom. The van der Waals surface area contributed by atoms with Crippen LogP contribution in [-0.2, 0) is 44.8 Å². The molecule has 1 aliphatic heterocycles. The van der Waals surface area contributed by atoms with Crippen molar-refractivity contribution in [3.8, 4) is 0 Å². The fourth-order valence-electron chi connectivity index (χ4n) is 8.05. The number of nitrogens with one attached hydrogen (secondary N) is 8. The van der Waals surface area contributed by atoms with Crippen molar-refractivity contribution in [1.29, 1.82) is 0 Å². The Bertz CT molecular complexity index is 2110. The zero-order valence-corrected chi connectivity index (χ0v) is 42.0. The average Bonchev–Trinajstić information content (AvgIpc) is 3.31. The Morgan fingerprint density at radius 2 is 1.10 bits per heavy atom. The first-order valence-electron chi connectivity index (χ1n) is 24.3. The van der Waals surface area contributed by atoms with Crippen molar-refractivity contribution in [2.45, 2.75) is 122 Å². The molecule has 3 rings (SSSR count). The normalized spacial score (nSPS) is 23.1. The van der Waals surface area contributed by atoms with Gasteiger partial charge in [-0.2, -0.15) is 0 Å². The molecule has 71 heavy (non-hydrogen) atoms. The van der Waals surface area contributed by atoms with Crippen molar-refractivity contribution in [2.75, 3.05) is 38.0 Å². The van der Waals surface area contributed by atoms with E-state index in [0.29, 0.717) is 5.56 Å². The van der Waals surface area contributed by atoms with Crippen LogP contribution in [-0.4, -0.2) is 122 Å². The highest BCUT2D eigenvalue weighted by molar-refractivity contribution is 6.33. The molecule has 16 N–H and O–H groups in total. The summed E-state index contributed by atoms with van der Waals surface area (Å²) in [6.45, 7) is 6.67. The first kappa shape index (κ1) is 59.3. The minimum atomic E-state index is -1.28. The SMILES string of the molecule is CC(C)C[C@@H]1NC(=O)[C@@H](Cc2ccccc2)CC(=O)[C@H](CCN)NC(=O)[C@@H](CC(=O)[C@@H](CN)NC(=O)Nc2ccccc2Cl)CCNC(=O)[C@H](CC(C)C)NC(=O)[C@H](CCN)NC(=O)[C@H](CCN)NC1=O. The van der Waals surface area contributed by atoms with Crippen molar-refractivity contribution < 1.29 is 43.2 Å². The van der Waals surface area contributed by atoms with E-state index in [1.54, 1.807) is 54.6 Å². The van der Waals surface area contributed by atoms with Crippen LogP contribution in [0.15, 0.2) is 54.6 Å². The van der Waals surface area contributed by atoms with Crippen LogP contribution in [0.4, 0.5) is 10.5 Å². The van der Waals surface area contributed by atoms with Gasteiger partial charge in [-0.25, -0.2) is 4.79 Å². The summed E-state index contributed by atoms with van der Waals surface area (Å²) in [5, 5.41) is 21.7. The van der Waals surface area contributed by atoms with Gasteiger partial charge in [0.1, 0.15) is 30.2 Å². The summed E-state index contributed by atoms with van der Waals surface area (Å²) in [7, 11) is 0. The van der Waals surface area contributed by atoms with Gasteiger partial charge in [0, 0.05) is 37.8 Å². The van der Waals surface area contributed by atoms with E-state index in [1.165, 1.54) is 0 Å². The van der Waals surface area contributed by atoms with Crippen molar-refractivity contribution in [3.05, 3.63) is 65.2 Å². The third-order valence-corrected chi connectivity index (χ3v) is 12.2. The largest absolute Gasteiger partial charge is 0.354 e. The number of carbonyl (C=O) groups excluding carboxylic acids is 9. The molecule has 8 amide bonds. The molecule has 22 heteroatoms. The average molecular weight is 1010 g/mol. The van der Waals surface area contributed by atoms with E-state index in [1.807, 2.05) is 27.7 Å². The number of carbonyl (C=O) groups is 9. The lowest BCUT2D eigenvalue weighted by Crippen LogP contribution is -2.59. The Kier molecular flexibility index (Phi) is 25.6. The monoisotopic (exact) mass is 1010 g/mol. The lowest BCUT2D eigenvalue weighted by Gasteiger charge is -2.28. The smallest absolute Gasteiger partial charge is 0.319 e. The maximum absolute atomic E-state index is 14.4. The van der Waals surface area contributed by atoms with Gasteiger partial charge in [0.05, 0.1) is 16.8 Å². The second-order valence-corrected chi connectivity index (χ2v) is 19.1. The second kappa shape index (κ2) is 30.7. The number of benzene rings is 2. The van der Waals surface area contributed by atoms with Crippen LogP contribution in [0.25, 0.3) is 0 Å². The Labute approximate surface area is 421 Å². The molecular weight excluding hydrogens is 936 g/mol. The van der Waals surface area contributed by atoms with E-state index >= 15 is 0 Å². The number of halogens is 1. The fraction of sp³-hybridized carbons (Fsp3) is 0.571. The molecule has 0 spiro atoms. The van der Waals surface area contributed by atoms with E-state index in [2.05, 4.69) is 42.5 Å². The predicted octanol–water partition coefficient (Wildman–Crippen LogP) is 0.265. The lowest BCUT2D eigenvalue weighted by molar-refractivity contribution is -0.136. The minimum absolute atomic E-state index is 0.0349. The molecule has 0 unspecified atom stereocenters. The van der Waals surface area contributed by atoms with Crippen molar-refractivity contribution in [2.24, 2.45) is 46.6 Å². The molecule has 21 nitrogen and oxygen atoms in total. The van der Waals surface area contributed by atoms with E-state index in [0.717, 1.165) is 0 Å². The van der Waals surface area contributed by atoms with Gasteiger partial charge in [-0.15, -0.1) is 0 Å². The van der Waals surface area contributed by atoms with E-state index in [9.17, 15) is 43.2 Å². The third kappa shape index (κ3) is 20.3. The molecule has 1 fully saturated rings. The summed E-state index contributed by atoms with van der Waals surface area (Å²) in [5.74, 6) is -7.96. The third-order valence-electron chi connectivity index (χ3n) is 11.8. The molecule has 392 valence electrons. The van der Waals surface area contributed by atoms with Crippen LogP contribution >= 0.6 is 11.6 Å². The van der Waals surface area contributed by atoms with E-state index < -0.39 is 114 Å².